The lowest BCUT2D eigenvalue weighted by molar-refractivity contribution is -0.133. The van der Waals surface area contributed by atoms with Crippen molar-refractivity contribution < 1.29 is 13.2 Å². The molecule has 0 aliphatic carbocycles. The highest BCUT2D eigenvalue weighted by molar-refractivity contribution is 7.31. The van der Waals surface area contributed by atoms with Crippen molar-refractivity contribution in [3.05, 3.63) is 35.4 Å². The van der Waals surface area contributed by atoms with E-state index in [0.29, 0.717) is 10.8 Å². The molecule has 0 aliphatic heterocycles. The van der Waals surface area contributed by atoms with Gasteiger partial charge in [0.15, 0.2) is 0 Å². The molecule has 0 bridgehead atoms. The quantitative estimate of drug-likeness (QED) is 0.607. The van der Waals surface area contributed by atoms with Crippen LogP contribution in [-0.4, -0.2) is 0 Å². The Morgan fingerprint density at radius 1 is 1.08 bits per heavy atom. The van der Waals surface area contributed by atoms with Gasteiger partial charge in [-0.1, -0.05) is 24.3 Å². The Kier molecular flexibility index (Phi) is 1.85. The molecule has 13 heavy (non-hydrogen) atoms. The topological polar surface area (TPSA) is 0 Å². The fourth-order valence-electron chi connectivity index (χ4n) is 1.31. The largest absolute Gasteiger partial charge is 0.420 e. The zero-order chi connectivity index (χ0) is 9.47. The lowest BCUT2D eigenvalue weighted by Gasteiger charge is -2.03. The van der Waals surface area contributed by atoms with Crippen molar-refractivity contribution >= 4 is 19.0 Å². The van der Waals surface area contributed by atoms with Crippen LogP contribution in [0.4, 0.5) is 13.2 Å². The minimum absolute atomic E-state index is 0.244. The van der Waals surface area contributed by atoms with Crippen molar-refractivity contribution in [1.82, 2.24) is 0 Å². The summed E-state index contributed by atoms with van der Waals surface area (Å²) in [5.41, 5.74) is 0. The summed E-state index contributed by atoms with van der Waals surface area (Å²) in [5, 5.41) is 0.643. The van der Waals surface area contributed by atoms with Crippen molar-refractivity contribution in [2.75, 3.05) is 0 Å². The molecule has 0 N–H and O–H groups in total. The molecule has 4 heteroatoms. The van der Waals surface area contributed by atoms with Crippen LogP contribution >= 0.6 is 8.19 Å². The van der Waals surface area contributed by atoms with E-state index in [-0.39, 0.29) is 8.19 Å². The van der Waals surface area contributed by atoms with E-state index in [2.05, 4.69) is 0 Å². The normalized spacial score (nSPS) is 12.8. The number of halogens is 3. The Hall–Kier alpha value is -0.950. The fraction of sp³-hybridized carbons (Fsp3) is 0.111. The average molecular weight is 202 g/mol. The first-order chi connectivity index (χ1) is 6.09. The van der Waals surface area contributed by atoms with Crippen molar-refractivity contribution in [3.63, 3.8) is 0 Å². The maximum atomic E-state index is 12.4. The van der Waals surface area contributed by atoms with Crippen LogP contribution in [0, 0.1) is 0 Å². The van der Waals surface area contributed by atoms with Crippen LogP contribution in [0.2, 0.25) is 0 Å². The van der Waals surface area contributed by atoms with Crippen LogP contribution < -0.4 is 0 Å². The third-order valence-electron chi connectivity index (χ3n) is 1.89. The van der Waals surface area contributed by atoms with E-state index in [1.54, 1.807) is 24.0 Å². The van der Waals surface area contributed by atoms with Gasteiger partial charge < -0.3 is 0 Å². The third-order valence-corrected chi connectivity index (χ3v) is 3.18. The summed E-state index contributed by atoms with van der Waals surface area (Å²) in [6.07, 6.45) is -4.18. The number of fused-ring (bicyclic) bond motifs is 1. The molecule has 1 unspecified atom stereocenters. The van der Waals surface area contributed by atoms with Gasteiger partial charge in [-0.3, -0.25) is 0 Å². The Balaban J connectivity index is 2.72. The van der Waals surface area contributed by atoms with E-state index in [9.17, 15) is 13.2 Å². The molecule has 1 atom stereocenters. The van der Waals surface area contributed by atoms with E-state index in [0.717, 1.165) is 0 Å². The SMILES string of the molecule is FC(F)(F)c1[pH]cc2ccccc12. The molecular weight excluding hydrogens is 196 g/mol. The van der Waals surface area contributed by atoms with Gasteiger partial charge in [0.25, 0.3) is 0 Å². The van der Waals surface area contributed by atoms with E-state index < -0.39 is 11.5 Å². The van der Waals surface area contributed by atoms with E-state index in [4.69, 9.17) is 0 Å². The Labute approximate surface area is 74.5 Å². The van der Waals surface area contributed by atoms with Gasteiger partial charge in [0.05, 0.1) is 5.30 Å². The van der Waals surface area contributed by atoms with Crippen molar-refractivity contribution in [2.24, 2.45) is 0 Å². The lowest BCUT2D eigenvalue weighted by Crippen LogP contribution is -2.01. The number of hydrogen-bond acceptors (Lipinski definition) is 0. The van der Waals surface area contributed by atoms with Gasteiger partial charge in [-0.2, -0.15) is 13.2 Å². The van der Waals surface area contributed by atoms with E-state index in [1.165, 1.54) is 6.07 Å². The minimum atomic E-state index is -4.18. The predicted molar refractivity (Wildman–Crippen MR) is 48.5 cm³/mol. The molecule has 0 spiro atoms. The molecule has 0 radical (unpaired) electrons. The summed E-state index contributed by atoms with van der Waals surface area (Å²) in [5.74, 6) is 1.64. The summed E-state index contributed by atoms with van der Waals surface area (Å²) < 4.78 is 37.2. The van der Waals surface area contributed by atoms with Crippen molar-refractivity contribution in [2.45, 2.75) is 6.18 Å². The van der Waals surface area contributed by atoms with E-state index >= 15 is 0 Å². The molecule has 2 rings (SSSR count). The van der Waals surface area contributed by atoms with Crippen LogP contribution in [0.5, 0.6) is 0 Å². The van der Waals surface area contributed by atoms with Gasteiger partial charge in [-0.25, -0.2) is 0 Å². The van der Waals surface area contributed by atoms with Gasteiger partial charge in [0.1, 0.15) is 0 Å². The number of benzene rings is 1. The summed E-state index contributed by atoms with van der Waals surface area (Å²) in [6, 6.07) is 6.61. The van der Waals surface area contributed by atoms with Crippen molar-refractivity contribution in [3.8, 4) is 0 Å². The lowest BCUT2D eigenvalue weighted by atomic mass is 10.2. The fourth-order valence-corrected chi connectivity index (χ4v) is 2.41. The highest BCUT2D eigenvalue weighted by Gasteiger charge is 2.32. The summed E-state index contributed by atoms with van der Waals surface area (Å²) in [6.45, 7) is 0. The maximum absolute atomic E-state index is 12.4. The molecule has 0 saturated heterocycles. The zero-order valence-corrected chi connectivity index (χ0v) is 7.52. The summed E-state index contributed by atoms with van der Waals surface area (Å²) in [7, 11) is -0.244. The first-order valence-electron chi connectivity index (χ1n) is 3.72. The van der Waals surface area contributed by atoms with Gasteiger partial charge in [0, 0.05) is 0 Å². The third kappa shape index (κ3) is 1.44. The first kappa shape index (κ1) is 8.64. The van der Waals surface area contributed by atoms with Gasteiger partial charge in [0.2, 0.25) is 0 Å². The molecule has 1 aromatic heterocycles. The molecule has 0 amide bonds. The molecule has 1 heterocycles. The molecule has 0 nitrogen and oxygen atoms in total. The molecule has 0 aliphatic rings. The Morgan fingerprint density at radius 2 is 1.77 bits per heavy atom. The molecular formula is C9H6F3P. The molecule has 68 valence electrons. The second-order valence-corrected chi connectivity index (χ2v) is 3.83. The molecule has 1 aromatic carbocycles. The molecule has 0 fully saturated rings. The summed E-state index contributed by atoms with van der Waals surface area (Å²) >= 11 is 0. The maximum Gasteiger partial charge on any atom is 0.420 e. The molecule has 2 aromatic rings. The zero-order valence-electron chi connectivity index (χ0n) is 6.52. The van der Waals surface area contributed by atoms with Gasteiger partial charge >= 0.3 is 6.18 Å². The smallest absolute Gasteiger partial charge is 0.166 e. The number of rotatable bonds is 0. The number of hydrogen-bond donors (Lipinski definition) is 0. The van der Waals surface area contributed by atoms with Crippen LogP contribution in [-0.2, 0) is 6.18 Å². The second kappa shape index (κ2) is 2.78. The predicted octanol–water partition coefficient (Wildman–Crippen LogP) is 3.89. The van der Waals surface area contributed by atoms with Crippen LogP contribution in [0.3, 0.4) is 0 Å². The van der Waals surface area contributed by atoms with E-state index in [1.807, 2.05) is 0 Å². The minimum Gasteiger partial charge on any atom is -0.166 e. The Morgan fingerprint density at radius 3 is 2.46 bits per heavy atom. The van der Waals surface area contributed by atoms with Crippen LogP contribution in [0.15, 0.2) is 30.1 Å². The van der Waals surface area contributed by atoms with Gasteiger partial charge in [-0.15, -0.1) is 8.19 Å². The highest BCUT2D eigenvalue weighted by atomic mass is 31.0. The monoisotopic (exact) mass is 202 g/mol. The number of alkyl halides is 3. The average Bonchev–Trinajstić information content (AvgIpc) is 2.45. The molecule has 0 saturated carbocycles. The van der Waals surface area contributed by atoms with Gasteiger partial charge in [-0.05, 0) is 16.6 Å². The Bertz CT molecular complexity index is 428. The van der Waals surface area contributed by atoms with Crippen LogP contribution in [0.25, 0.3) is 10.8 Å². The second-order valence-electron chi connectivity index (χ2n) is 2.75. The highest BCUT2D eigenvalue weighted by Crippen LogP contribution is 2.41. The first-order valence-corrected chi connectivity index (χ1v) is 4.80. The van der Waals surface area contributed by atoms with Crippen molar-refractivity contribution in [1.29, 1.82) is 0 Å². The summed E-state index contributed by atoms with van der Waals surface area (Å²) in [4.78, 5) is 0. The van der Waals surface area contributed by atoms with Crippen LogP contribution in [0.1, 0.15) is 5.30 Å². The standard InChI is InChI=1S/C9H6F3P/c10-9(11,12)8-7-4-2-1-3-6(7)5-13-8/h1-5,13H.